The van der Waals surface area contributed by atoms with Crippen molar-refractivity contribution in [1.29, 1.82) is 0 Å². The number of para-hydroxylation sites is 1. The summed E-state index contributed by atoms with van der Waals surface area (Å²) in [7, 11) is 2.14. The maximum atomic E-state index is 13.0. The normalized spacial score (nSPS) is 12.9. The SMILES string of the molecule is CN1CCN(c2ccccc2CNC(=O)c2ccc(Br)c(NC(=O)c3cnc4ccccn34)c2)CC1.Cl.O=C(Cl)c1cnc2ccccn12. The summed E-state index contributed by atoms with van der Waals surface area (Å²) in [6, 6.07) is 24.4. The van der Waals surface area contributed by atoms with Crippen LogP contribution < -0.4 is 15.5 Å². The van der Waals surface area contributed by atoms with Crippen molar-refractivity contribution in [2.45, 2.75) is 6.54 Å². The number of anilines is 2. The number of nitrogens with one attached hydrogen (secondary N) is 2. The van der Waals surface area contributed by atoms with Gasteiger partial charge in [-0.15, -0.1) is 12.4 Å². The maximum Gasteiger partial charge on any atom is 0.274 e. The Bertz CT molecular complexity index is 2110. The van der Waals surface area contributed by atoms with Crippen molar-refractivity contribution in [3.63, 3.8) is 0 Å². The van der Waals surface area contributed by atoms with Gasteiger partial charge in [0.1, 0.15) is 22.7 Å². The minimum atomic E-state index is -0.492. The van der Waals surface area contributed by atoms with Gasteiger partial charge < -0.3 is 20.4 Å². The minimum absolute atomic E-state index is 0. The number of imidazole rings is 2. The van der Waals surface area contributed by atoms with Crippen molar-refractivity contribution in [3.05, 3.63) is 131 Å². The minimum Gasteiger partial charge on any atom is -0.369 e. The van der Waals surface area contributed by atoms with Crippen LogP contribution in [0.1, 0.15) is 36.9 Å². The third kappa shape index (κ3) is 8.28. The second kappa shape index (κ2) is 16.1. The van der Waals surface area contributed by atoms with Gasteiger partial charge in [0.25, 0.3) is 17.1 Å². The van der Waals surface area contributed by atoms with Gasteiger partial charge in [-0.25, -0.2) is 9.97 Å². The Balaban J connectivity index is 0.000000303. The standard InChI is InChI=1S/C27H27BrN6O2.C8H5ClN2O.ClH/c1-32-12-14-33(15-13-32)23-7-3-2-6-20(23)17-30-26(35)19-9-10-21(28)22(16-19)31-27(36)24-18-29-25-8-4-5-11-34(24)25;9-8(12)6-5-10-7-3-1-2-4-11(6)7;/h2-11,16,18H,12-15,17H2,1H3,(H,30,35)(H,31,36);1-5H;1H. The summed E-state index contributed by atoms with van der Waals surface area (Å²) in [4.78, 5) is 49.7. The molecular formula is C35H33BrCl2N8O3. The molecule has 14 heteroatoms. The molecule has 0 unspecified atom stereocenters. The average Bonchev–Trinajstić information content (AvgIpc) is 3.74. The van der Waals surface area contributed by atoms with Gasteiger partial charge in [-0.1, -0.05) is 30.3 Å². The van der Waals surface area contributed by atoms with Crippen molar-refractivity contribution in [3.8, 4) is 0 Å². The van der Waals surface area contributed by atoms with Crippen LogP contribution in [0.25, 0.3) is 11.3 Å². The summed E-state index contributed by atoms with van der Waals surface area (Å²) >= 11 is 8.80. The number of halogens is 3. The van der Waals surface area contributed by atoms with Gasteiger partial charge >= 0.3 is 0 Å². The lowest BCUT2D eigenvalue weighted by molar-refractivity contribution is 0.0949. The molecule has 1 fully saturated rings. The Morgan fingerprint density at radius 2 is 1.41 bits per heavy atom. The monoisotopic (exact) mass is 762 g/mol. The van der Waals surface area contributed by atoms with E-state index in [9.17, 15) is 14.4 Å². The third-order valence-corrected chi connectivity index (χ3v) is 8.90. The van der Waals surface area contributed by atoms with Gasteiger partial charge in [-0.05, 0) is 88.7 Å². The molecule has 1 aliphatic rings. The molecule has 0 aliphatic carbocycles. The molecule has 1 saturated heterocycles. The zero-order valence-corrected chi connectivity index (χ0v) is 29.6. The number of carbonyl (C=O) groups excluding carboxylic acids is 3. The summed E-state index contributed by atoms with van der Waals surface area (Å²) < 4.78 is 4.05. The van der Waals surface area contributed by atoms with Gasteiger partial charge in [0.15, 0.2) is 0 Å². The average molecular weight is 765 g/mol. The number of likely N-dealkylation sites (N-methyl/N-ethyl adjacent to an activating group) is 1. The number of carbonyl (C=O) groups is 3. The topological polar surface area (TPSA) is 116 Å². The molecular weight excluding hydrogens is 731 g/mol. The predicted molar refractivity (Wildman–Crippen MR) is 197 cm³/mol. The van der Waals surface area contributed by atoms with Crippen molar-refractivity contribution < 1.29 is 14.4 Å². The highest BCUT2D eigenvalue weighted by atomic mass is 79.9. The number of hydrogen-bond acceptors (Lipinski definition) is 7. The molecule has 0 radical (unpaired) electrons. The molecule has 2 aromatic carbocycles. The molecule has 6 aromatic rings. The maximum absolute atomic E-state index is 13.0. The smallest absolute Gasteiger partial charge is 0.274 e. The van der Waals surface area contributed by atoms with E-state index in [-0.39, 0.29) is 24.2 Å². The first-order valence-corrected chi connectivity index (χ1v) is 16.4. The molecule has 5 heterocycles. The molecule has 11 nitrogen and oxygen atoms in total. The fourth-order valence-electron chi connectivity index (χ4n) is 5.42. The van der Waals surface area contributed by atoms with Crippen LogP contribution in [0.15, 0.2) is 108 Å². The van der Waals surface area contributed by atoms with E-state index in [0.29, 0.717) is 39.3 Å². The van der Waals surface area contributed by atoms with Crippen LogP contribution in [0.2, 0.25) is 0 Å². The van der Waals surface area contributed by atoms with E-state index in [1.54, 1.807) is 39.4 Å². The Kier molecular flexibility index (Phi) is 11.7. The molecule has 2 amide bonds. The molecule has 252 valence electrons. The van der Waals surface area contributed by atoms with Crippen molar-refractivity contribution in [2.24, 2.45) is 0 Å². The number of fused-ring (bicyclic) bond motifs is 2. The van der Waals surface area contributed by atoms with E-state index in [1.807, 2.05) is 48.5 Å². The Hall–Kier alpha value is -4.75. The van der Waals surface area contributed by atoms with Crippen molar-refractivity contribution in [2.75, 3.05) is 43.4 Å². The summed E-state index contributed by atoms with van der Waals surface area (Å²) in [6.07, 6.45) is 6.53. The van der Waals surface area contributed by atoms with Gasteiger partial charge in [-0.3, -0.25) is 23.2 Å². The first-order chi connectivity index (χ1) is 23.3. The zero-order valence-electron chi connectivity index (χ0n) is 26.4. The second-order valence-electron chi connectivity index (χ2n) is 11.2. The predicted octanol–water partition coefficient (Wildman–Crippen LogP) is 6.17. The van der Waals surface area contributed by atoms with E-state index in [0.717, 1.165) is 43.1 Å². The molecule has 4 aromatic heterocycles. The highest BCUT2D eigenvalue weighted by molar-refractivity contribution is 9.10. The van der Waals surface area contributed by atoms with Crippen LogP contribution in [0.5, 0.6) is 0 Å². The Labute approximate surface area is 302 Å². The number of nitrogens with zero attached hydrogens (tertiary/aromatic N) is 6. The van der Waals surface area contributed by atoms with Crippen LogP contribution in [0.4, 0.5) is 11.4 Å². The van der Waals surface area contributed by atoms with Gasteiger partial charge in [0.05, 0.1) is 18.1 Å². The van der Waals surface area contributed by atoms with E-state index in [4.69, 9.17) is 11.6 Å². The second-order valence-corrected chi connectivity index (χ2v) is 12.4. The number of pyridine rings is 2. The lowest BCUT2D eigenvalue weighted by atomic mass is 10.1. The molecule has 7 rings (SSSR count). The number of amides is 2. The van der Waals surface area contributed by atoms with E-state index < -0.39 is 5.24 Å². The van der Waals surface area contributed by atoms with Crippen LogP contribution in [-0.2, 0) is 6.54 Å². The van der Waals surface area contributed by atoms with Crippen molar-refractivity contribution in [1.82, 2.24) is 29.0 Å². The lowest BCUT2D eigenvalue weighted by Gasteiger charge is -2.35. The van der Waals surface area contributed by atoms with Gasteiger partial charge in [-0.2, -0.15) is 0 Å². The number of rotatable bonds is 7. The summed E-state index contributed by atoms with van der Waals surface area (Å²) in [5.41, 5.74) is 5.42. The van der Waals surface area contributed by atoms with Crippen molar-refractivity contribution >= 4 is 79.7 Å². The molecule has 1 aliphatic heterocycles. The fraction of sp³-hybridized carbons (Fsp3) is 0.171. The van der Waals surface area contributed by atoms with Crippen LogP contribution in [-0.4, -0.2) is 74.0 Å². The third-order valence-electron chi connectivity index (χ3n) is 8.02. The number of benzene rings is 2. The van der Waals surface area contributed by atoms with Crippen LogP contribution in [0, 0.1) is 0 Å². The molecule has 2 N–H and O–H groups in total. The van der Waals surface area contributed by atoms with E-state index in [2.05, 4.69) is 65.5 Å². The molecule has 49 heavy (non-hydrogen) atoms. The number of hydrogen-bond donors (Lipinski definition) is 2. The summed E-state index contributed by atoms with van der Waals surface area (Å²) in [6.45, 7) is 4.38. The lowest BCUT2D eigenvalue weighted by Crippen LogP contribution is -2.45. The van der Waals surface area contributed by atoms with Gasteiger partial charge in [0, 0.05) is 60.8 Å². The van der Waals surface area contributed by atoms with E-state index in [1.165, 1.54) is 12.4 Å². The fourth-order valence-corrected chi connectivity index (χ4v) is 5.91. The molecule has 0 bridgehead atoms. The summed E-state index contributed by atoms with van der Waals surface area (Å²) in [5.74, 6) is -0.519. The quantitative estimate of drug-likeness (QED) is 0.187. The van der Waals surface area contributed by atoms with Crippen LogP contribution >= 0.6 is 39.9 Å². The molecule has 0 saturated carbocycles. The highest BCUT2D eigenvalue weighted by Gasteiger charge is 2.18. The first kappa shape index (κ1) is 35.6. The van der Waals surface area contributed by atoms with E-state index >= 15 is 0 Å². The summed E-state index contributed by atoms with van der Waals surface area (Å²) in [5, 5.41) is 5.44. The Morgan fingerprint density at radius 3 is 2.08 bits per heavy atom. The molecule has 0 spiro atoms. The zero-order chi connectivity index (χ0) is 33.6. The highest BCUT2D eigenvalue weighted by Crippen LogP contribution is 2.25. The van der Waals surface area contributed by atoms with Crippen LogP contribution in [0.3, 0.4) is 0 Å². The Morgan fingerprint density at radius 1 is 0.796 bits per heavy atom. The molecule has 0 atom stereocenters. The van der Waals surface area contributed by atoms with Gasteiger partial charge in [0.2, 0.25) is 0 Å². The number of aromatic nitrogens is 4. The first-order valence-electron chi connectivity index (χ1n) is 15.2. The number of piperazine rings is 1. The largest absolute Gasteiger partial charge is 0.369 e.